The lowest BCUT2D eigenvalue weighted by Crippen LogP contribution is -2.10. The second kappa shape index (κ2) is 2.24. The molecule has 0 aromatic heterocycles. The van der Waals surface area contributed by atoms with Crippen molar-refractivity contribution in [3.8, 4) is 5.75 Å². The summed E-state index contributed by atoms with van der Waals surface area (Å²) in [6.45, 7) is 2.66. The first-order chi connectivity index (χ1) is 5.29. The van der Waals surface area contributed by atoms with Crippen LogP contribution in [0.3, 0.4) is 0 Å². The van der Waals surface area contributed by atoms with E-state index >= 15 is 0 Å². The van der Waals surface area contributed by atoms with Crippen LogP contribution in [-0.4, -0.2) is 6.61 Å². The van der Waals surface area contributed by atoms with E-state index in [9.17, 15) is 0 Å². The molecule has 0 unspecified atom stereocenters. The maximum absolute atomic E-state index is 5.79. The smallest absolute Gasteiger partial charge is 0.127 e. The summed E-state index contributed by atoms with van der Waals surface area (Å²) in [7, 11) is 0. The zero-order chi connectivity index (χ0) is 7.84. The quantitative estimate of drug-likeness (QED) is 0.605. The third-order valence-corrected chi connectivity index (χ3v) is 2.05. The first kappa shape index (κ1) is 6.68. The maximum Gasteiger partial charge on any atom is 0.127 e. The van der Waals surface area contributed by atoms with Gasteiger partial charge in [-0.05, 0) is 12.5 Å². The normalized spacial score (nSPS) is 21.1. The van der Waals surface area contributed by atoms with Gasteiger partial charge in [-0.1, -0.05) is 18.2 Å². The van der Waals surface area contributed by atoms with Crippen molar-refractivity contribution in [2.45, 2.75) is 13.0 Å². The molecule has 1 aromatic rings. The minimum atomic E-state index is 0.0740. The highest BCUT2D eigenvalue weighted by atomic mass is 16.5. The summed E-state index contributed by atoms with van der Waals surface area (Å²) >= 11 is 0. The predicted octanol–water partition coefficient (Wildman–Crippen LogP) is 1.39. The second-order valence-electron chi connectivity index (χ2n) is 2.91. The third-order valence-electron chi connectivity index (χ3n) is 2.05. The van der Waals surface area contributed by atoms with Crippen LogP contribution in [0.2, 0.25) is 0 Å². The summed E-state index contributed by atoms with van der Waals surface area (Å²) in [6.07, 6.45) is 0. The van der Waals surface area contributed by atoms with Gasteiger partial charge in [0.15, 0.2) is 0 Å². The van der Waals surface area contributed by atoms with Crippen LogP contribution >= 0.6 is 0 Å². The van der Waals surface area contributed by atoms with E-state index < -0.39 is 0 Å². The van der Waals surface area contributed by atoms with E-state index in [-0.39, 0.29) is 6.04 Å². The molecule has 2 nitrogen and oxygen atoms in total. The standard InChI is InChI=1S/C9H11NO/c1-6-3-2-4-7-8(10)5-11-9(6)7/h2-4,8H,5,10H2,1H3/t8-/m1/s1. The van der Waals surface area contributed by atoms with E-state index in [1.165, 1.54) is 5.56 Å². The minimum absolute atomic E-state index is 0.0740. The fourth-order valence-corrected chi connectivity index (χ4v) is 1.43. The Hall–Kier alpha value is -1.02. The summed E-state index contributed by atoms with van der Waals surface area (Å²) in [4.78, 5) is 0. The number of rotatable bonds is 0. The average Bonchev–Trinajstić information content (AvgIpc) is 2.35. The van der Waals surface area contributed by atoms with Gasteiger partial charge in [0.1, 0.15) is 12.4 Å². The van der Waals surface area contributed by atoms with E-state index in [2.05, 4.69) is 0 Å². The van der Waals surface area contributed by atoms with Crippen LogP contribution in [0.25, 0.3) is 0 Å². The molecule has 2 N–H and O–H groups in total. The van der Waals surface area contributed by atoms with Crippen molar-refractivity contribution in [2.75, 3.05) is 6.61 Å². The number of nitrogens with two attached hydrogens (primary N) is 1. The molecule has 0 saturated heterocycles. The van der Waals surface area contributed by atoms with E-state index in [4.69, 9.17) is 10.5 Å². The number of aryl methyl sites for hydroxylation is 1. The van der Waals surface area contributed by atoms with Crippen LogP contribution in [-0.2, 0) is 0 Å². The molecule has 0 aliphatic carbocycles. The van der Waals surface area contributed by atoms with Crippen LogP contribution < -0.4 is 10.5 Å². The van der Waals surface area contributed by atoms with Crippen LogP contribution in [0.1, 0.15) is 17.2 Å². The number of hydrogen-bond donors (Lipinski definition) is 1. The van der Waals surface area contributed by atoms with Gasteiger partial charge in [0.25, 0.3) is 0 Å². The van der Waals surface area contributed by atoms with Crippen LogP contribution in [0.4, 0.5) is 0 Å². The van der Waals surface area contributed by atoms with Crippen LogP contribution in [0.15, 0.2) is 18.2 Å². The highest BCUT2D eigenvalue weighted by Gasteiger charge is 2.20. The summed E-state index contributed by atoms with van der Waals surface area (Å²) in [6, 6.07) is 6.16. The summed E-state index contributed by atoms with van der Waals surface area (Å²) in [5.74, 6) is 0.986. The Balaban J connectivity index is 2.57. The average molecular weight is 149 g/mol. The topological polar surface area (TPSA) is 35.2 Å². The zero-order valence-electron chi connectivity index (χ0n) is 6.50. The summed E-state index contributed by atoms with van der Waals surface area (Å²) in [5, 5.41) is 0. The third kappa shape index (κ3) is 0.906. The van der Waals surface area contributed by atoms with E-state index in [1.54, 1.807) is 0 Å². The van der Waals surface area contributed by atoms with E-state index in [1.807, 2.05) is 25.1 Å². The van der Waals surface area contributed by atoms with Crippen molar-refractivity contribution in [1.82, 2.24) is 0 Å². The van der Waals surface area contributed by atoms with Gasteiger partial charge >= 0.3 is 0 Å². The molecule has 0 saturated carbocycles. The van der Waals surface area contributed by atoms with Crippen molar-refractivity contribution in [3.05, 3.63) is 29.3 Å². The van der Waals surface area contributed by atoms with Crippen molar-refractivity contribution < 1.29 is 4.74 Å². The van der Waals surface area contributed by atoms with Crippen molar-refractivity contribution >= 4 is 0 Å². The molecule has 1 aliphatic heterocycles. The molecule has 0 spiro atoms. The lowest BCUT2D eigenvalue weighted by molar-refractivity contribution is 0.331. The van der Waals surface area contributed by atoms with Crippen LogP contribution in [0, 0.1) is 6.92 Å². The molecular weight excluding hydrogens is 138 g/mol. The molecule has 1 atom stereocenters. The fraction of sp³-hybridized carbons (Fsp3) is 0.333. The van der Waals surface area contributed by atoms with Crippen molar-refractivity contribution in [2.24, 2.45) is 5.73 Å². The molecule has 58 valence electrons. The monoisotopic (exact) mass is 149 g/mol. The molecule has 11 heavy (non-hydrogen) atoms. The number of fused-ring (bicyclic) bond motifs is 1. The molecule has 2 rings (SSSR count). The van der Waals surface area contributed by atoms with Gasteiger partial charge < -0.3 is 10.5 Å². The van der Waals surface area contributed by atoms with Gasteiger partial charge in [-0.3, -0.25) is 0 Å². The Morgan fingerprint density at radius 3 is 3.09 bits per heavy atom. The van der Waals surface area contributed by atoms with Crippen molar-refractivity contribution in [1.29, 1.82) is 0 Å². The van der Waals surface area contributed by atoms with Gasteiger partial charge in [0.05, 0.1) is 6.04 Å². The Labute approximate surface area is 66.0 Å². The molecular formula is C9H11NO. The molecule has 0 radical (unpaired) electrons. The van der Waals surface area contributed by atoms with E-state index in [0.29, 0.717) is 6.61 Å². The Kier molecular flexibility index (Phi) is 1.36. The van der Waals surface area contributed by atoms with Gasteiger partial charge in [0.2, 0.25) is 0 Å². The fourth-order valence-electron chi connectivity index (χ4n) is 1.43. The lowest BCUT2D eigenvalue weighted by atomic mass is 10.1. The number of ether oxygens (including phenoxy) is 1. The Morgan fingerprint density at radius 2 is 2.36 bits per heavy atom. The molecule has 2 heteroatoms. The second-order valence-corrected chi connectivity index (χ2v) is 2.91. The molecule has 1 aromatic carbocycles. The molecule has 0 fully saturated rings. The largest absolute Gasteiger partial charge is 0.491 e. The van der Waals surface area contributed by atoms with Gasteiger partial charge in [-0.2, -0.15) is 0 Å². The zero-order valence-corrected chi connectivity index (χ0v) is 6.50. The predicted molar refractivity (Wildman–Crippen MR) is 43.6 cm³/mol. The molecule has 0 amide bonds. The minimum Gasteiger partial charge on any atom is -0.491 e. The van der Waals surface area contributed by atoms with E-state index in [0.717, 1.165) is 11.3 Å². The Morgan fingerprint density at radius 1 is 1.55 bits per heavy atom. The number of benzene rings is 1. The first-order valence-corrected chi connectivity index (χ1v) is 3.77. The molecule has 1 heterocycles. The SMILES string of the molecule is Cc1cccc2c1OC[C@H]2N. The maximum atomic E-state index is 5.79. The summed E-state index contributed by atoms with van der Waals surface area (Å²) < 4.78 is 5.42. The molecule has 0 bridgehead atoms. The van der Waals surface area contributed by atoms with Crippen LogP contribution in [0.5, 0.6) is 5.75 Å². The lowest BCUT2D eigenvalue weighted by Gasteiger charge is -2.01. The highest BCUT2D eigenvalue weighted by Crippen LogP contribution is 2.33. The number of hydrogen-bond acceptors (Lipinski definition) is 2. The number of para-hydroxylation sites is 1. The summed E-state index contributed by atoms with van der Waals surface area (Å²) in [5.41, 5.74) is 8.11. The van der Waals surface area contributed by atoms with Gasteiger partial charge in [-0.25, -0.2) is 0 Å². The van der Waals surface area contributed by atoms with Crippen molar-refractivity contribution in [3.63, 3.8) is 0 Å². The first-order valence-electron chi connectivity index (χ1n) is 3.77. The van der Waals surface area contributed by atoms with Gasteiger partial charge in [-0.15, -0.1) is 0 Å². The van der Waals surface area contributed by atoms with Gasteiger partial charge in [0, 0.05) is 5.56 Å². The highest BCUT2D eigenvalue weighted by molar-refractivity contribution is 5.45. The Bertz CT molecular complexity index is 283. The molecule has 1 aliphatic rings.